The van der Waals surface area contributed by atoms with Gasteiger partial charge in [-0.2, -0.15) is 0 Å². The van der Waals surface area contributed by atoms with E-state index < -0.39 is 0 Å². The Morgan fingerprint density at radius 2 is 1.88 bits per heavy atom. The molecule has 0 saturated carbocycles. The molecule has 0 aromatic carbocycles. The van der Waals surface area contributed by atoms with E-state index in [9.17, 15) is 0 Å². The normalized spacial score (nSPS) is 14.4. The van der Waals surface area contributed by atoms with Crippen molar-refractivity contribution in [3.8, 4) is 0 Å². The molecule has 0 radical (unpaired) electrons. The van der Waals surface area contributed by atoms with Gasteiger partial charge < -0.3 is 14.8 Å². The highest BCUT2D eigenvalue weighted by molar-refractivity contribution is 4.70. The smallest absolute Gasteiger partial charge is 0.0644 e. The molecule has 0 bridgehead atoms. The van der Waals surface area contributed by atoms with Crippen molar-refractivity contribution >= 4 is 0 Å². The van der Waals surface area contributed by atoms with Gasteiger partial charge in [-0.15, -0.1) is 0 Å². The Labute approximate surface area is 101 Å². The Morgan fingerprint density at radius 1 is 1.25 bits per heavy atom. The summed E-state index contributed by atoms with van der Waals surface area (Å²) < 4.78 is 11.0. The first-order valence-electron chi connectivity index (χ1n) is 6.29. The molecule has 0 rings (SSSR count). The Bertz CT molecular complexity index is 169. The Morgan fingerprint density at radius 3 is 2.31 bits per heavy atom. The molecule has 0 heterocycles. The number of likely N-dealkylation sites (N-methyl/N-ethyl adjacent to an activating group) is 1. The van der Waals surface area contributed by atoms with Gasteiger partial charge in [0, 0.05) is 19.8 Å². The third kappa shape index (κ3) is 7.20. The second-order valence-electron chi connectivity index (χ2n) is 5.20. The third-order valence-electron chi connectivity index (χ3n) is 2.97. The maximum Gasteiger partial charge on any atom is 0.0644 e. The maximum absolute atomic E-state index is 5.70. The number of rotatable bonds is 9. The summed E-state index contributed by atoms with van der Waals surface area (Å²) in [6.07, 6.45) is 0.931. The van der Waals surface area contributed by atoms with Crippen LogP contribution < -0.4 is 5.32 Å². The first-order valence-corrected chi connectivity index (χ1v) is 6.29. The Kier molecular flexibility index (Phi) is 7.98. The van der Waals surface area contributed by atoms with Crippen molar-refractivity contribution in [2.75, 3.05) is 26.9 Å². The average Bonchev–Trinajstić information content (AvgIpc) is 2.22. The monoisotopic (exact) mass is 231 g/mol. The van der Waals surface area contributed by atoms with Gasteiger partial charge in [-0.25, -0.2) is 0 Å². The predicted octanol–water partition coefficient (Wildman–Crippen LogP) is 2.45. The van der Waals surface area contributed by atoms with Crippen LogP contribution in [0.15, 0.2) is 0 Å². The Balaban J connectivity index is 3.70. The van der Waals surface area contributed by atoms with Crippen molar-refractivity contribution in [2.24, 2.45) is 5.92 Å². The summed E-state index contributed by atoms with van der Waals surface area (Å²) in [4.78, 5) is 0. The van der Waals surface area contributed by atoms with Crippen LogP contribution >= 0.6 is 0 Å². The zero-order valence-corrected chi connectivity index (χ0v) is 11.8. The second-order valence-corrected chi connectivity index (χ2v) is 5.20. The van der Waals surface area contributed by atoms with Crippen LogP contribution in [0.4, 0.5) is 0 Å². The minimum atomic E-state index is -0.0779. The van der Waals surface area contributed by atoms with E-state index >= 15 is 0 Å². The lowest BCUT2D eigenvalue weighted by Crippen LogP contribution is -2.38. The lowest BCUT2D eigenvalue weighted by molar-refractivity contribution is -0.0137. The molecule has 0 aliphatic rings. The summed E-state index contributed by atoms with van der Waals surface area (Å²) in [5.74, 6) is 0.607. The standard InChI is InChI=1S/C13H29NO2/c1-7-14-12(11(2)3)10-16-9-8-13(4,5)15-6/h11-12,14H,7-10H2,1-6H3. The van der Waals surface area contributed by atoms with Crippen LogP contribution in [0.2, 0.25) is 0 Å². The van der Waals surface area contributed by atoms with Crippen molar-refractivity contribution in [2.45, 2.75) is 52.7 Å². The van der Waals surface area contributed by atoms with Crippen LogP contribution in [0, 0.1) is 5.92 Å². The molecule has 0 fully saturated rings. The molecule has 0 aliphatic heterocycles. The molecule has 1 atom stereocenters. The summed E-state index contributed by atoms with van der Waals surface area (Å²) >= 11 is 0. The molecule has 98 valence electrons. The SMILES string of the molecule is CCNC(COCCC(C)(C)OC)C(C)C. The summed E-state index contributed by atoms with van der Waals surface area (Å²) in [5.41, 5.74) is -0.0779. The fraction of sp³-hybridized carbons (Fsp3) is 1.00. The number of methoxy groups -OCH3 is 1. The first-order chi connectivity index (χ1) is 7.43. The first kappa shape index (κ1) is 15.9. The number of hydrogen-bond acceptors (Lipinski definition) is 3. The van der Waals surface area contributed by atoms with Crippen molar-refractivity contribution in [1.29, 1.82) is 0 Å². The summed E-state index contributed by atoms with van der Waals surface area (Å²) in [6, 6.07) is 0.454. The molecule has 0 spiro atoms. The van der Waals surface area contributed by atoms with Gasteiger partial charge in [0.05, 0.1) is 12.2 Å². The molecular weight excluding hydrogens is 202 g/mol. The number of ether oxygens (including phenoxy) is 2. The van der Waals surface area contributed by atoms with E-state index in [0.717, 1.165) is 26.2 Å². The second kappa shape index (κ2) is 8.04. The van der Waals surface area contributed by atoms with Gasteiger partial charge in [0.1, 0.15) is 0 Å². The minimum absolute atomic E-state index is 0.0779. The highest BCUT2D eigenvalue weighted by atomic mass is 16.5. The van der Waals surface area contributed by atoms with Crippen molar-refractivity contribution in [3.05, 3.63) is 0 Å². The van der Waals surface area contributed by atoms with Crippen LogP contribution in [0.5, 0.6) is 0 Å². The molecule has 1 unspecified atom stereocenters. The van der Waals surface area contributed by atoms with Gasteiger partial charge in [0.2, 0.25) is 0 Å². The lowest BCUT2D eigenvalue weighted by atomic mass is 10.0. The molecule has 3 nitrogen and oxygen atoms in total. The number of hydrogen-bond donors (Lipinski definition) is 1. The average molecular weight is 231 g/mol. The summed E-state index contributed by atoms with van der Waals surface area (Å²) in [6.45, 7) is 13.3. The van der Waals surface area contributed by atoms with Crippen LogP contribution in [0.3, 0.4) is 0 Å². The molecule has 0 aromatic heterocycles. The molecule has 16 heavy (non-hydrogen) atoms. The van der Waals surface area contributed by atoms with E-state index in [-0.39, 0.29) is 5.60 Å². The maximum atomic E-state index is 5.70. The van der Waals surface area contributed by atoms with Crippen LogP contribution in [0.25, 0.3) is 0 Å². The van der Waals surface area contributed by atoms with E-state index in [0.29, 0.717) is 12.0 Å². The van der Waals surface area contributed by atoms with E-state index in [1.807, 2.05) is 0 Å². The van der Waals surface area contributed by atoms with Gasteiger partial charge in [-0.3, -0.25) is 0 Å². The molecule has 0 saturated heterocycles. The fourth-order valence-electron chi connectivity index (χ4n) is 1.38. The minimum Gasteiger partial charge on any atom is -0.380 e. The molecule has 1 N–H and O–H groups in total. The van der Waals surface area contributed by atoms with E-state index in [2.05, 4.69) is 39.9 Å². The van der Waals surface area contributed by atoms with Crippen LogP contribution in [-0.2, 0) is 9.47 Å². The molecule has 3 heteroatoms. The lowest BCUT2D eigenvalue weighted by Gasteiger charge is -2.25. The topological polar surface area (TPSA) is 30.5 Å². The summed E-state index contributed by atoms with van der Waals surface area (Å²) in [7, 11) is 1.75. The largest absolute Gasteiger partial charge is 0.380 e. The van der Waals surface area contributed by atoms with Gasteiger partial charge in [-0.05, 0) is 32.7 Å². The zero-order chi connectivity index (χ0) is 12.6. The molecule has 0 amide bonds. The van der Waals surface area contributed by atoms with Crippen molar-refractivity contribution in [1.82, 2.24) is 5.32 Å². The van der Waals surface area contributed by atoms with Gasteiger partial charge >= 0.3 is 0 Å². The van der Waals surface area contributed by atoms with Gasteiger partial charge in [-0.1, -0.05) is 20.8 Å². The van der Waals surface area contributed by atoms with Gasteiger partial charge in [0.15, 0.2) is 0 Å². The predicted molar refractivity (Wildman–Crippen MR) is 68.8 cm³/mol. The quantitative estimate of drug-likeness (QED) is 0.618. The third-order valence-corrected chi connectivity index (χ3v) is 2.97. The highest BCUT2D eigenvalue weighted by Gasteiger charge is 2.17. The molecule has 0 aliphatic carbocycles. The molecular formula is C13H29NO2. The molecule has 0 aromatic rings. The highest BCUT2D eigenvalue weighted by Crippen LogP contribution is 2.12. The van der Waals surface area contributed by atoms with E-state index in [1.54, 1.807) is 7.11 Å². The van der Waals surface area contributed by atoms with E-state index in [1.165, 1.54) is 0 Å². The summed E-state index contributed by atoms with van der Waals surface area (Å²) in [5, 5.41) is 3.44. The van der Waals surface area contributed by atoms with Crippen molar-refractivity contribution < 1.29 is 9.47 Å². The zero-order valence-electron chi connectivity index (χ0n) is 11.8. The van der Waals surface area contributed by atoms with Crippen LogP contribution in [-0.4, -0.2) is 38.5 Å². The fourth-order valence-corrected chi connectivity index (χ4v) is 1.38. The number of nitrogens with one attached hydrogen (secondary N) is 1. The van der Waals surface area contributed by atoms with Gasteiger partial charge in [0.25, 0.3) is 0 Å². The Hall–Kier alpha value is -0.120. The van der Waals surface area contributed by atoms with Crippen LogP contribution in [0.1, 0.15) is 41.0 Å². The van der Waals surface area contributed by atoms with Crippen molar-refractivity contribution in [3.63, 3.8) is 0 Å². The van der Waals surface area contributed by atoms with E-state index in [4.69, 9.17) is 9.47 Å².